The third-order valence-electron chi connectivity index (χ3n) is 6.80. The van der Waals surface area contributed by atoms with Gasteiger partial charge in [0.25, 0.3) is 5.91 Å². The minimum atomic E-state index is -2.29. The fourth-order valence-corrected chi connectivity index (χ4v) is 5.07. The molecule has 10 heteroatoms. The average molecular weight is 486 g/mol. The molecule has 3 heterocycles. The number of alkyl halides is 1. The minimum absolute atomic E-state index is 0.0877. The third kappa shape index (κ3) is 4.49. The van der Waals surface area contributed by atoms with Crippen LogP contribution in [0.15, 0.2) is 43.0 Å². The maximum Gasteiger partial charge on any atom is 0.256 e. The second-order valence-corrected chi connectivity index (χ2v) is 14.9. The molecule has 1 amide bonds. The average Bonchev–Trinajstić information content (AvgIpc) is 3.35. The number of ether oxygens (including phenoxy) is 1. The molecule has 0 radical (unpaired) electrons. The molecule has 4 atom stereocenters. The van der Waals surface area contributed by atoms with Crippen LogP contribution in [0.4, 0.5) is 10.2 Å². The van der Waals surface area contributed by atoms with E-state index < -0.39 is 32.9 Å². The molecule has 1 saturated heterocycles. The number of rotatable bonds is 6. The van der Waals surface area contributed by atoms with Crippen molar-refractivity contribution in [1.82, 2.24) is 19.5 Å². The van der Waals surface area contributed by atoms with Gasteiger partial charge in [-0.3, -0.25) is 9.36 Å². The molecule has 8 nitrogen and oxygen atoms in total. The standard InChI is InChI=1S/C24H32FN5O3Si/c1-7-16-17(25)19(33-34(5,6)24(2,3)4)23(32-16)30-14-28-18-20(26-13-27-21(18)30)29-22(31)15-11-9-8-10-12-15/h8-14,16-17,19,23H,7H2,1-6H3,(H,26,27,29,31)/t16-,17-,19-,23-/m1/s1. The highest BCUT2D eigenvalue weighted by Crippen LogP contribution is 2.43. The molecule has 2 aromatic heterocycles. The summed E-state index contributed by atoms with van der Waals surface area (Å²) in [6.45, 7) is 12.5. The van der Waals surface area contributed by atoms with Crippen LogP contribution in [-0.2, 0) is 9.16 Å². The molecule has 1 aliphatic rings. The Morgan fingerprint density at radius 3 is 2.56 bits per heavy atom. The first-order chi connectivity index (χ1) is 16.0. The summed E-state index contributed by atoms with van der Waals surface area (Å²) in [5.41, 5.74) is 1.34. The van der Waals surface area contributed by atoms with Crippen LogP contribution in [0.1, 0.15) is 50.7 Å². The lowest BCUT2D eigenvalue weighted by Gasteiger charge is -2.39. The molecule has 0 saturated carbocycles. The lowest BCUT2D eigenvalue weighted by molar-refractivity contribution is -0.0322. The van der Waals surface area contributed by atoms with E-state index in [4.69, 9.17) is 9.16 Å². The van der Waals surface area contributed by atoms with E-state index in [1.165, 1.54) is 6.33 Å². The van der Waals surface area contributed by atoms with Crippen LogP contribution in [0.25, 0.3) is 11.2 Å². The predicted molar refractivity (Wildman–Crippen MR) is 131 cm³/mol. The monoisotopic (exact) mass is 485 g/mol. The molecule has 1 aliphatic heterocycles. The molecule has 0 unspecified atom stereocenters. The maximum atomic E-state index is 15.5. The molecule has 1 N–H and O–H groups in total. The molecule has 4 rings (SSSR count). The molecule has 1 fully saturated rings. The lowest BCUT2D eigenvalue weighted by atomic mass is 10.1. The molecule has 0 spiro atoms. The van der Waals surface area contributed by atoms with Crippen LogP contribution >= 0.6 is 0 Å². The van der Waals surface area contributed by atoms with E-state index in [2.05, 4.69) is 54.1 Å². The van der Waals surface area contributed by atoms with Gasteiger partial charge in [-0.15, -0.1) is 0 Å². The lowest BCUT2D eigenvalue weighted by Crippen LogP contribution is -2.47. The van der Waals surface area contributed by atoms with E-state index in [9.17, 15) is 4.79 Å². The van der Waals surface area contributed by atoms with Gasteiger partial charge in [-0.25, -0.2) is 19.3 Å². The number of hydrogen-bond acceptors (Lipinski definition) is 6. The Labute approximate surface area is 200 Å². The number of benzene rings is 1. The summed E-state index contributed by atoms with van der Waals surface area (Å²) >= 11 is 0. The number of amides is 1. The fourth-order valence-electron chi connectivity index (χ4n) is 3.78. The van der Waals surface area contributed by atoms with Crippen molar-refractivity contribution >= 4 is 31.2 Å². The zero-order valence-corrected chi connectivity index (χ0v) is 21.4. The highest BCUT2D eigenvalue weighted by Gasteiger charge is 2.51. The number of fused-ring (bicyclic) bond motifs is 1. The van der Waals surface area contributed by atoms with Crippen molar-refractivity contribution in [2.75, 3.05) is 5.32 Å². The SMILES string of the molecule is CC[C@H]1O[C@@H](n2cnc3c(NC(=O)c4ccccc4)ncnc32)[C@H](O[Si](C)(C)C(C)(C)C)[C@@H]1F. The first-order valence-electron chi connectivity index (χ1n) is 11.5. The molecule has 34 heavy (non-hydrogen) atoms. The Morgan fingerprint density at radius 1 is 1.21 bits per heavy atom. The second kappa shape index (κ2) is 9.16. The number of nitrogens with one attached hydrogen (secondary N) is 1. The van der Waals surface area contributed by atoms with Crippen molar-refractivity contribution in [2.45, 2.75) is 76.9 Å². The van der Waals surface area contributed by atoms with Gasteiger partial charge in [0, 0.05) is 5.56 Å². The largest absolute Gasteiger partial charge is 0.406 e. The number of carbonyl (C=O) groups is 1. The van der Waals surface area contributed by atoms with Crippen molar-refractivity contribution in [1.29, 1.82) is 0 Å². The van der Waals surface area contributed by atoms with E-state index in [1.54, 1.807) is 35.2 Å². The van der Waals surface area contributed by atoms with Gasteiger partial charge in [0.1, 0.15) is 12.4 Å². The molecule has 182 valence electrons. The van der Waals surface area contributed by atoms with Gasteiger partial charge < -0.3 is 14.5 Å². The van der Waals surface area contributed by atoms with Gasteiger partial charge in [0.15, 0.2) is 37.7 Å². The van der Waals surface area contributed by atoms with Gasteiger partial charge in [-0.2, -0.15) is 0 Å². The number of aromatic nitrogens is 4. The van der Waals surface area contributed by atoms with Crippen molar-refractivity contribution in [3.63, 3.8) is 0 Å². The van der Waals surface area contributed by atoms with Crippen LogP contribution in [0.2, 0.25) is 18.1 Å². The van der Waals surface area contributed by atoms with Crippen molar-refractivity contribution in [3.05, 3.63) is 48.5 Å². The van der Waals surface area contributed by atoms with E-state index in [-0.39, 0.29) is 16.8 Å². The van der Waals surface area contributed by atoms with Crippen LogP contribution in [-0.4, -0.2) is 52.1 Å². The summed E-state index contributed by atoms with van der Waals surface area (Å²) in [6.07, 6.45) is 0.0396. The summed E-state index contributed by atoms with van der Waals surface area (Å²) in [5, 5.41) is 2.71. The number of carbonyl (C=O) groups excluding carboxylic acids is 1. The van der Waals surface area contributed by atoms with E-state index in [1.807, 2.05) is 13.0 Å². The van der Waals surface area contributed by atoms with Gasteiger partial charge in [-0.05, 0) is 36.7 Å². The quantitative estimate of drug-likeness (QED) is 0.488. The van der Waals surface area contributed by atoms with Gasteiger partial charge in [0.2, 0.25) is 0 Å². The topological polar surface area (TPSA) is 91.2 Å². The minimum Gasteiger partial charge on any atom is -0.406 e. The predicted octanol–water partition coefficient (Wildman–Crippen LogP) is 5.11. The molecular weight excluding hydrogens is 453 g/mol. The zero-order chi connectivity index (χ0) is 24.7. The van der Waals surface area contributed by atoms with E-state index in [0.717, 1.165) is 0 Å². The molecule has 3 aromatic rings. The van der Waals surface area contributed by atoms with E-state index >= 15 is 4.39 Å². The number of halogens is 1. The Morgan fingerprint density at radius 2 is 1.91 bits per heavy atom. The summed E-state index contributed by atoms with van der Waals surface area (Å²) in [7, 11) is -2.29. The molecular formula is C24H32FN5O3Si. The number of anilines is 1. The normalized spacial score (nSPS) is 23.4. The van der Waals surface area contributed by atoms with Crippen LogP contribution < -0.4 is 5.32 Å². The summed E-state index contributed by atoms with van der Waals surface area (Å²) in [6, 6.07) is 8.85. The molecule has 0 bridgehead atoms. The first-order valence-corrected chi connectivity index (χ1v) is 14.5. The second-order valence-electron chi connectivity index (χ2n) is 10.1. The van der Waals surface area contributed by atoms with Crippen LogP contribution in [0, 0.1) is 0 Å². The van der Waals surface area contributed by atoms with Gasteiger partial charge in [0.05, 0.1) is 12.4 Å². The van der Waals surface area contributed by atoms with Gasteiger partial charge >= 0.3 is 0 Å². The Hall–Kier alpha value is -2.69. The van der Waals surface area contributed by atoms with Crippen molar-refractivity contribution < 1.29 is 18.3 Å². The van der Waals surface area contributed by atoms with Crippen LogP contribution in [0.5, 0.6) is 0 Å². The summed E-state index contributed by atoms with van der Waals surface area (Å²) in [4.78, 5) is 25.7. The number of imidazole rings is 1. The Bertz CT molecular complexity index is 1160. The summed E-state index contributed by atoms with van der Waals surface area (Å²) < 4.78 is 29.8. The summed E-state index contributed by atoms with van der Waals surface area (Å²) in [5.74, 6) is -0.0254. The molecule has 0 aliphatic carbocycles. The van der Waals surface area contributed by atoms with Crippen molar-refractivity contribution in [2.24, 2.45) is 0 Å². The fraction of sp³-hybridized carbons (Fsp3) is 0.500. The van der Waals surface area contributed by atoms with E-state index in [0.29, 0.717) is 23.1 Å². The highest BCUT2D eigenvalue weighted by atomic mass is 28.4. The van der Waals surface area contributed by atoms with Gasteiger partial charge in [-0.1, -0.05) is 45.9 Å². The maximum absolute atomic E-state index is 15.5. The highest BCUT2D eigenvalue weighted by molar-refractivity contribution is 6.74. The molecule has 1 aromatic carbocycles. The van der Waals surface area contributed by atoms with Crippen molar-refractivity contribution in [3.8, 4) is 0 Å². The Balaban J connectivity index is 1.68. The zero-order valence-electron chi connectivity index (χ0n) is 20.4. The van der Waals surface area contributed by atoms with Crippen LogP contribution in [0.3, 0.4) is 0 Å². The first kappa shape index (κ1) is 24.4. The number of nitrogens with zero attached hydrogens (tertiary/aromatic N) is 4. The Kier molecular flexibility index (Phi) is 6.58. The third-order valence-corrected chi connectivity index (χ3v) is 11.3. The number of hydrogen-bond donors (Lipinski definition) is 1. The smallest absolute Gasteiger partial charge is 0.256 e.